The minimum atomic E-state index is -4.39. The highest BCUT2D eigenvalue weighted by Crippen LogP contribution is 2.43. The molecule has 350 valence electrons. The van der Waals surface area contributed by atoms with E-state index in [1.807, 2.05) is 45.0 Å². The SMILES string of the molecule is CC1(C)CCC(CN2CCN(c3ccc(C(=O)NS(=O)(=O)c4ccc(OCC5CCN(C(=O)OC(C)(C)C)CC5)c(Cl)c4)c(Oc4cnc5[nH]ccc5c4)c3)CC2)=C(c2ccc(Cl)cc2)C1. The van der Waals surface area contributed by atoms with Gasteiger partial charge in [-0.2, -0.15) is 0 Å². The monoisotopic (exact) mass is 956 g/mol. The summed E-state index contributed by atoms with van der Waals surface area (Å²) in [7, 11) is -4.39. The fraction of sp³-hybridized carbons (Fsp3) is 0.420. The van der Waals surface area contributed by atoms with Gasteiger partial charge < -0.3 is 29.0 Å². The molecule has 5 aromatic rings. The molecule has 2 fully saturated rings. The number of piperazine rings is 1. The van der Waals surface area contributed by atoms with Crippen molar-refractivity contribution >= 4 is 67.5 Å². The summed E-state index contributed by atoms with van der Waals surface area (Å²) < 4.78 is 47.6. The van der Waals surface area contributed by atoms with Gasteiger partial charge >= 0.3 is 6.09 Å². The molecule has 2 aromatic heterocycles. The fourth-order valence-electron chi connectivity index (χ4n) is 8.80. The second kappa shape index (κ2) is 19.5. The van der Waals surface area contributed by atoms with Crippen LogP contribution in [-0.2, 0) is 14.8 Å². The quantitative estimate of drug-likeness (QED) is 0.124. The Labute approximate surface area is 397 Å². The zero-order valence-corrected chi connectivity index (χ0v) is 40.5. The number of hydrogen-bond donors (Lipinski definition) is 2. The van der Waals surface area contributed by atoms with Gasteiger partial charge in [-0.05, 0) is 130 Å². The van der Waals surface area contributed by atoms with Crippen LogP contribution in [0.1, 0.15) is 82.6 Å². The van der Waals surface area contributed by atoms with E-state index in [1.165, 1.54) is 34.9 Å². The molecule has 0 spiro atoms. The van der Waals surface area contributed by atoms with Crippen LogP contribution in [0.2, 0.25) is 10.0 Å². The number of ether oxygens (including phenoxy) is 3. The van der Waals surface area contributed by atoms with Gasteiger partial charge in [0.15, 0.2) is 0 Å². The van der Waals surface area contributed by atoms with Gasteiger partial charge in [0.25, 0.3) is 15.9 Å². The lowest BCUT2D eigenvalue weighted by atomic mass is 9.72. The second-order valence-electron chi connectivity index (χ2n) is 19.3. The molecule has 0 unspecified atom stereocenters. The summed E-state index contributed by atoms with van der Waals surface area (Å²) in [6.45, 7) is 15.7. The summed E-state index contributed by atoms with van der Waals surface area (Å²) in [5.41, 5.74) is 5.37. The maximum atomic E-state index is 14.0. The number of hydrogen-bond acceptors (Lipinski definition) is 10. The standard InChI is InChI=1S/C50H58Cl2N6O7S/c1-49(2,3)65-48(60)58-20-16-33(17-21-58)32-63-44-13-11-40(28-43(44)52)66(61,62)55-47(59)41-12-10-38(27-45(41)64-39-26-35-15-19-53-46(35)54-30-39)57-24-22-56(23-25-57)31-36-14-18-50(4,5)29-42(36)34-6-8-37(51)9-7-34/h6-13,15,19,26-28,30,33H,14,16-18,20-25,29,31-32H2,1-5H3,(H,53,54)(H,55,59). The van der Waals surface area contributed by atoms with Crippen LogP contribution in [0.3, 0.4) is 0 Å². The Hall–Kier alpha value is -5.28. The molecule has 2 saturated heterocycles. The third-order valence-corrected chi connectivity index (χ3v) is 14.4. The average molecular weight is 958 g/mol. The number of H-pyrrole nitrogens is 1. The van der Waals surface area contributed by atoms with Gasteiger partial charge in [0.1, 0.15) is 28.5 Å². The molecule has 0 radical (unpaired) electrons. The van der Waals surface area contributed by atoms with Crippen molar-refractivity contribution < 1.29 is 32.2 Å². The van der Waals surface area contributed by atoms with Crippen molar-refractivity contribution in [2.24, 2.45) is 11.3 Å². The van der Waals surface area contributed by atoms with Gasteiger partial charge in [-0.1, -0.05) is 54.8 Å². The van der Waals surface area contributed by atoms with E-state index < -0.39 is 21.5 Å². The van der Waals surface area contributed by atoms with Crippen LogP contribution in [0, 0.1) is 11.3 Å². The molecule has 0 atom stereocenters. The molecule has 4 heterocycles. The zero-order chi connectivity index (χ0) is 46.8. The number of nitrogens with one attached hydrogen (secondary N) is 2. The van der Waals surface area contributed by atoms with E-state index in [2.05, 4.69) is 50.5 Å². The van der Waals surface area contributed by atoms with Crippen molar-refractivity contribution in [3.8, 4) is 17.2 Å². The third kappa shape index (κ3) is 11.6. The van der Waals surface area contributed by atoms with Crippen molar-refractivity contribution in [2.75, 3.05) is 57.3 Å². The summed E-state index contributed by atoms with van der Waals surface area (Å²) in [5.74, 6) is 0.182. The van der Waals surface area contributed by atoms with Crippen LogP contribution in [0.4, 0.5) is 10.5 Å². The van der Waals surface area contributed by atoms with Gasteiger partial charge in [-0.3, -0.25) is 9.69 Å². The molecular weight excluding hydrogens is 900 g/mol. The maximum Gasteiger partial charge on any atom is 0.410 e. The van der Waals surface area contributed by atoms with Gasteiger partial charge in [0.2, 0.25) is 0 Å². The summed E-state index contributed by atoms with van der Waals surface area (Å²) in [5, 5.41) is 1.63. The van der Waals surface area contributed by atoms with Gasteiger partial charge in [-0.25, -0.2) is 22.9 Å². The lowest BCUT2D eigenvalue weighted by Gasteiger charge is -2.39. The molecule has 0 bridgehead atoms. The van der Waals surface area contributed by atoms with Crippen molar-refractivity contribution in [3.63, 3.8) is 0 Å². The Morgan fingerprint density at radius 3 is 2.36 bits per heavy atom. The number of likely N-dealkylation sites (tertiary alicyclic amines) is 1. The maximum absolute atomic E-state index is 14.0. The molecule has 3 aliphatic rings. The lowest BCUT2D eigenvalue weighted by Crippen LogP contribution is -2.47. The number of carbonyl (C=O) groups is 2. The number of aromatic nitrogens is 2. The summed E-state index contributed by atoms with van der Waals surface area (Å²) in [4.78, 5) is 40.2. The molecule has 0 saturated carbocycles. The lowest BCUT2D eigenvalue weighted by molar-refractivity contribution is 0.0164. The number of nitrogens with zero attached hydrogens (tertiary/aromatic N) is 4. The highest BCUT2D eigenvalue weighted by molar-refractivity contribution is 7.90. The number of sulfonamides is 1. The molecule has 13 nitrogen and oxygen atoms in total. The van der Waals surface area contributed by atoms with Gasteiger partial charge in [0.05, 0.1) is 28.3 Å². The van der Waals surface area contributed by atoms with E-state index in [4.69, 9.17) is 37.4 Å². The minimum Gasteiger partial charge on any atom is -0.492 e. The zero-order valence-electron chi connectivity index (χ0n) is 38.2. The van der Waals surface area contributed by atoms with Crippen molar-refractivity contribution in [2.45, 2.75) is 77.2 Å². The highest BCUT2D eigenvalue weighted by atomic mass is 35.5. The minimum absolute atomic E-state index is 0.0285. The first kappa shape index (κ1) is 47.2. The number of benzene rings is 3. The summed E-state index contributed by atoms with van der Waals surface area (Å²) >= 11 is 12.8. The van der Waals surface area contributed by atoms with E-state index in [1.54, 1.807) is 35.5 Å². The van der Waals surface area contributed by atoms with Gasteiger partial charge in [-0.15, -0.1) is 0 Å². The number of pyridine rings is 1. The molecular formula is C50H58Cl2N6O7S. The predicted molar refractivity (Wildman–Crippen MR) is 259 cm³/mol. The molecule has 2 amide bonds. The Bertz CT molecular complexity index is 2720. The largest absolute Gasteiger partial charge is 0.492 e. The Kier molecular flexibility index (Phi) is 14.0. The van der Waals surface area contributed by atoms with E-state index in [0.717, 1.165) is 80.9 Å². The van der Waals surface area contributed by atoms with Crippen LogP contribution < -0.4 is 19.1 Å². The number of rotatable bonds is 12. The molecule has 66 heavy (non-hydrogen) atoms. The highest BCUT2D eigenvalue weighted by Gasteiger charge is 2.31. The Morgan fingerprint density at radius 2 is 1.65 bits per heavy atom. The number of allylic oxidation sites excluding steroid dienone is 1. The number of carbonyl (C=O) groups excluding carboxylic acids is 2. The molecule has 16 heteroatoms. The number of anilines is 1. The molecule has 2 N–H and O–H groups in total. The molecule has 3 aromatic carbocycles. The first-order valence-electron chi connectivity index (χ1n) is 22.5. The smallest absolute Gasteiger partial charge is 0.410 e. The second-order valence-corrected chi connectivity index (χ2v) is 21.8. The third-order valence-electron chi connectivity index (χ3n) is 12.5. The Balaban J connectivity index is 0.938. The van der Waals surface area contributed by atoms with Gasteiger partial charge in [0, 0.05) is 74.2 Å². The van der Waals surface area contributed by atoms with E-state index >= 15 is 0 Å². The van der Waals surface area contributed by atoms with Crippen LogP contribution >= 0.6 is 23.2 Å². The van der Waals surface area contributed by atoms with E-state index in [0.29, 0.717) is 36.8 Å². The number of fused-ring (bicyclic) bond motifs is 1. The van der Waals surface area contributed by atoms with Crippen molar-refractivity contribution in [3.05, 3.63) is 112 Å². The van der Waals surface area contributed by atoms with Crippen LogP contribution in [-0.4, -0.2) is 98.2 Å². The van der Waals surface area contributed by atoms with E-state index in [-0.39, 0.29) is 38.7 Å². The molecule has 1 aliphatic carbocycles. The number of halogens is 2. The number of aromatic amines is 1. The van der Waals surface area contributed by atoms with Crippen molar-refractivity contribution in [1.82, 2.24) is 24.5 Å². The average Bonchev–Trinajstić information content (AvgIpc) is 3.75. The normalized spacial score (nSPS) is 17.5. The number of amides is 2. The predicted octanol–water partition coefficient (Wildman–Crippen LogP) is 10.6. The fourth-order valence-corrected chi connectivity index (χ4v) is 10.2. The van der Waals surface area contributed by atoms with Crippen LogP contribution in [0.15, 0.2) is 95.7 Å². The van der Waals surface area contributed by atoms with Crippen LogP contribution in [0.25, 0.3) is 16.6 Å². The Morgan fingerprint density at radius 1 is 0.909 bits per heavy atom. The summed E-state index contributed by atoms with van der Waals surface area (Å²) in [6, 6.07) is 21.2. The molecule has 2 aliphatic heterocycles. The van der Waals surface area contributed by atoms with Crippen molar-refractivity contribution in [1.29, 1.82) is 0 Å². The topological polar surface area (TPSA) is 146 Å². The molecule has 8 rings (SSSR count). The summed E-state index contributed by atoms with van der Waals surface area (Å²) in [6.07, 6.45) is 7.68. The van der Waals surface area contributed by atoms with Crippen LogP contribution in [0.5, 0.6) is 17.2 Å². The first-order chi connectivity index (χ1) is 31.4. The van der Waals surface area contributed by atoms with E-state index in [9.17, 15) is 18.0 Å². The first-order valence-corrected chi connectivity index (χ1v) is 24.8. The number of piperidine rings is 1.